The van der Waals surface area contributed by atoms with Crippen molar-refractivity contribution in [1.29, 1.82) is 0 Å². The zero-order valence-corrected chi connectivity index (χ0v) is 16.0. The van der Waals surface area contributed by atoms with Crippen molar-refractivity contribution in [1.82, 2.24) is 20.4 Å². The van der Waals surface area contributed by atoms with Crippen LogP contribution in [0.2, 0.25) is 0 Å². The van der Waals surface area contributed by atoms with E-state index in [0.29, 0.717) is 30.9 Å². The summed E-state index contributed by atoms with van der Waals surface area (Å²) >= 11 is 0. The number of carbonyl (C=O) groups excluding carboxylic acids is 3. The number of aryl methyl sites for hydroxylation is 1. The van der Waals surface area contributed by atoms with E-state index in [2.05, 4.69) is 10.6 Å². The molecule has 2 heterocycles. The van der Waals surface area contributed by atoms with Crippen LogP contribution in [-0.2, 0) is 15.1 Å². The summed E-state index contributed by atoms with van der Waals surface area (Å²) in [5.74, 6) is 0.0802. The SMILES string of the molecule is COc1ccc(C2(C)NC(=O)N(CC(=O)N3CCCNCC3)C2=O)cc1C. The molecule has 1 aromatic carbocycles. The number of rotatable bonds is 4. The van der Waals surface area contributed by atoms with Gasteiger partial charge in [-0.15, -0.1) is 0 Å². The van der Waals surface area contributed by atoms with Gasteiger partial charge in [0.15, 0.2) is 0 Å². The molecule has 2 N–H and O–H groups in total. The lowest BCUT2D eigenvalue weighted by Crippen LogP contribution is -2.45. The van der Waals surface area contributed by atoms with Crippen LogP contribution in [0.15, 0.2) is 18.2 Å². The average Bonchev–Trinajstić information content (AvgIpc) is 2.85. The molecule has 2 saturated heterocycles. The minimum atomic E-state index is -1.20. The summed E-state index contributed by atoms with van der Waals surface area (Å²) in [6.45, 7) is 6.09. The Morgan fingerprint density at radius 2 is 2.04 bits per heavy atom. The van der Waals surface area contributed by atoms with Crippen LogP contribution in [0.3, 0.4) is 0 Å². The quantitative estimate of drug-likeness (QED) is 0.753. The van der Waals surface area contributed by atoms with E-state index in [1.54, 1.807) is 31.1 Å². The van der Waals surface area contributed by atoms with Crippen LogP contribution in [-0.4, -0.2) is 67.5 Å². The van der Waals surface area contributed by atoms with Crippen molar-refractivity contribution in [3.63, 3.8) is 0 Å². The lowest BCUT2D eigenvalue weighted by Gasteiger charge is -2.24. The Kier molecular flexibility index (Phi) is 5.36. The number of ether oxygens (including phenoxy) is 1. The predicted octanol–water partition coefficient (Wildman–Crippen LogP) is 0.593. The number of imide groups is 1. The molecule has 146 valence electrons. The molecule has 8 nitrogen and oxygen atoms in total. The molecule has 0 bridgehead atoms. The number of nitrogens with one attached hydrogen (secondary N) is 2. The molecular formula is C19H26N4O4. The first-order valence-corrected chi connectivity index (χ1v) is 9.14. The van der Waals surface area contributed by atoms with E-state index >= 15 is 0 Å². The van der Waals surface area contributed by atoms with E-state index in [1.165, 1.54) is 0 Å². The molecule has 0 aliphatic carbocycles. The largest absolute Gasteiger partial charge is 0.496 e. The summed E-state index contributed by atoms with van der Waals surface area (Å²) in [5, 5.41) is 5.97. The highest BCUT2D eigenvalue weighted by atomic mass is 16.5. The summed E-state index contributed by atoms with van der Waals surface area (Å²) in [4.78, 5) is 40.8. The third-order valence-electron chi connectivity index (χ3n) is 5.23. The molecule has 2 aliphatic heterocycles. The first kappa shape index (κ1) is 19.2. The smallest absolute Gasteiger partial charge is 0.325 e. The van der Waals surface area contributed by atoms with Crippen LogP contribution >= 0.6 is 0 Å². The molecule has 1 aromatic rings. The van der Waals surface area contributed by atoms with Crippen molar-refractivity contribution < 1.29 is 19.1 Å². The molecule has 1 unspecified atom stereocenters. The van der Waals surface area contributed by atoms with E-state index in [4.69, 9.17) is 4.74 Å². The molecule has 4 amide bonds. The van der Waals surface area contributed by atoms with Crippen molar-refractivity contribution in [2.75, 3.05) is 39.8 Å². The van der Waals surface area contributed by atoms with Gasteiger partial charge in [0.1, 0.15) is 17.8 Å². The van der Waals surface area contributed by atoms with Crippen molar-refractivity contribution in [2.24, 2.45) is 0 Å². The average molecular weight is 374 g/mol. The van der Waals surface area contributed by atoms with Crippen molar-refractivity contribution >= 4 is 17.8 Å². The molecule has 0 saturated carbocycles. The molecule has 1 atom stereocenters. The highest BCUT2D eigenvalue weighted by molar-refractivity contribution is 6.09. The Morgan fingerprint density at radius 3 is 2.74 bits per heavy atom. The van der Waals surface area contributed by atoms with Gasteiger partial charge in [0.05, 0.1) is 7.11 Å². The molecule has 8 heteroatoms. The Bertz CT molecular complexity index is 758. The van der Waals surface area contributed by atoms with E-state index < -0.39 is 17.5 Å². The van der Waals surface area contributed by atoms with Gasteiger partial charge in [0.25, 0.3) is 5.91 Å². The van der Waals surface area contributed by atoms with Crippen molar-refractivity contribution in [3.05, 3.63) is 29.3 Å². The maximum absolute atomic E-state index is 13.0. The third-order valence-corrected chi connectivity index (χ3v) is 5.23. The number of nitrogens with zero attached hydrogens (tertiary/aromatic N) is 2. The highest BCUT2D eigenvalue weighted by Crippen LogP contribution is 2.31. The van der Waals surface area contributed by atoms with Gasteiger partial charge in [-0.25, -0.2) is 4.79 Å². The maximum atomic E-state index is 13.0. The summed E-state index contributed by atoms with van der Waals surface area (Å²) in [7, 11) is 1.58. The molecule has 0 radical (unpaired) electrons. The maximum Gasteiger partial charge on any atom is 0.325 e. The minimum absolute atomic E-state index is 0.211. The van der Waals surface area contributed by atoms with Crippen molar-refractivity contribution in [3.8, 4) is 5.75 Å². The Labute approximate surface area is 158 Å². The van der Waals surface area contributed by atoms with Gasteiger partial charge >= 0.3 is 6.03 Å². The molecule has 2 fully saturated rings. The van der Waals surface area contributed by atoms with Crippen LogP contribution in [0.25, 0.3) is 0 Å². The standard InChI is InChI=1S/C19H26N4O4/c1-13-11-14(5-6-15(13)27-3)19(2)17(25)23(18(26)21-19)12-16(24)22-9-4-7-20-8-10-22/h5-6,11,20H,4,7-10,12H2,1-3H3,(H,21,26). The number of carbonyl (C=O) groups is 3. The van der Waals surface area contributed by atoms with E-state index in [9.17, 15) is 14.4 Å². The van der Waals surface area contributed by atoms with E-state index in [0.717, 1.165) is 23.4 Å². The van der Waals surface area contributed by atoms with Gasteiger partial charge in [0.2, 0.25) is 5.91 Å². The number of methoxy groups -OCH3 is 1. The second-order valence-electron chi connectivity index (χ2n) is 7.12. The second kappa shape index (κ2) is 7.56. The lowest BCUT2D eigenvalue weighted by molar-refractivity contribution is -0.138. The van der Waals surface area contributed by atoms with Gasteiger partial charge in [-0.2, -0.15) is 0 Å². The fourth-order valence-corrected chi connectivity index (χ4v) is 3.56. The number of benzene rings is 1. The van der Waals surface area contributed by atoms with Crippen LogP contribution < -0.4 is 15.4 Å². The Balaban J connectivity index is 1.77. The van der Waals surface area contributed by atoms with Gasteiger partial charge in [-0.1, -0.05) is 6.07 Å². The highest BCUT2D eigenvalue weighted by Gasteiger charge is 2.49. The number of hydrogen-bond acceptors (Lipinski definition) is 5. The lowest BCUT2D eigenvalue weighted by atomic mass is 9.90. The fraction of sp³-hybridized carbons (Fsp3) is 0.526. The molecule has 0 spiro atoms. The monoisotopic (exact) mass is 374 g/mol. The zero-order chi connectivity index (χ0) is 19.6. The van der Waals surface area contributed by atoms with Crippen LogP contribution in [0.5, 0.6) is 5.75 Å². The summed E-state index contributed by atoms with van der Waals surface area (Å²) < 4.78 is 5.26. The summed E-state index contributed by atoms with van der Waals surface area (Å²) in [5.41, 5.74) is 0.326. The van der Waals surface area contributed by atoms with Crippen molar-refractivity contribution in [2.45, 2.75) is 25.8 Å². The van der Waals surface area contributed by atoms with Gasteiger partial charge in [0, 0.05) is 19.6 Å². The van der Waals surface area contributed by atoms with Crippen LogP contribution in [0.4, 0.5) is 4.79 Å². The zero-order valence-electron chi connectivity index (χ0n) is 16.0. The van der Waals surface area contributed by atoms with Crippen LogP contribution in [0, 0.1) is 6.92 Å². The molecule has 27 heavy (non-hydrogen) atoms. The van der Waals surface area contributed by atoms with E-state index in [1.807, 2.05) is 13.0 Å². The summed E-state index contributed by atoms with van der Waals surface area (Å²) in [6, 6.07) is 4.81. The first-order valence-electron chi connectivity index (χ1n) is 9.14. The minimum Gasteiger partial charge on any atom is -0.496 e. The van der Waals surface area contributed by atoms with Gasteiger partial charge < -0.3 is 20.3 Å². The number of urea groups is 1. The predicted molar refractivity (Wildman–Crippen MR) is 99.4 cm³/mol. The number of amides is 4. The number of hydrogen-bond donors (Lipinski definition) is 2. The van der Waals surface area contributed by atoms with Gasteiger partial charge in [-0.3, -0.25) is 14.5 Å². The van der Waals surface area contributed by atoms with Gasteiger partial charge in [-0.05, 0) is 50.1 Å². The second-order valence-corrected chi connectivity index (χ2v) is 7.12. The molecule has 3 rings (SSSR count). The first-order chi connectivity index (χ1) is 12.9. The fourth-order valence-electron chi connectivity index (χ4n) is 3.56. The molecule has 2 aliphatic rings. The molecular weight excluding hydrogens is 348 g/mol. The molecule has 0 aromatic heterocycles. The Hall–Kier alpha value is -2.61. The summed E-state index contributed by atoms with van der Waals surface area (Å²) in [6.07, 6.45) is 0.856. The topological polar surface area (TPSA) is 91.0 Å². The van der Waals surface area contributed by atoms with E-state index in [-0.39, 0.29) is 12.5 Å². The Morgan fingerprint density at radius 1 is 1.26 bits per heavy atom. The normalized spacial score (nSPS) is 23.2. The third kappa shape index (κ3) is 3.62. The van der Waals surface area contributed by atoms with Crippen LogP contribution in [0.1, 0.15) is 24.5 Å².